The molecule has 1 saturated heterocycles. The van der Waals surface area contributed by atoms with Crippen LogP contribution in [-0.4, -0.2) is 45.9 Å². The van der Waals surface area contributed by atoms with Gasteiger partial charge in [-0.15, -0.1) is 0 Å². The molecule has 0 bridgehead atoms. The minimum atomic E-state index is -3.90. The fourth-order valence-corrected chi connectivity index (χ4v) is 1.42. The molecule has 0 radical (unpaired) electrons. The highest BCUT2D eigenvalue weighted by Crippen LogP contribution is 2.34. The van der Waals surface area contributed by atoms with Crippen molar-refractivity contribution in [2.45, 2.75) is 12.8 Å². The molecule has 1 aliphatic heterocycles. The first-order valence-corrected chi connectivity index (χ1v) is 6.03. The van der Waals surface area contributed by atoms with E-state index in [0.717, 1.165) is 14.2 Å². The fraction of sp³-hybridized carbons (Fsp3) is 1.00. The van der Waals surface area contributed by atoms with Gasteiger partial charge in [0.15, 0.2) is 0 Å². The summed E-state index contributed by atoms with van der Waals surface area (Å²) in [5.74, 6) is 0. The summed E-state index contributed by atoms with van der Waals surface area (Å²) in [7, 11) is 2.77. The average molecular weight is 225 g/mol. The van der Waals surface area contributed by atoms with Crippen molar-refractivity contribution in [3.8, 4) is 0 Å². The van der Waals surface area contributed by atoms with E-state index in [9.17, 15) is 9.46 Å². The molecule has 0 unspecified atom stereocenters. The van der Waals surface area contributed by atoms with E-state index in [0.29, 0.717) is 0 Å². The van der Waals surface area contributed by atoms with Gasteiger partial charge in [-0.1, -0.05) is 0 Å². The van der Waals surface area contributed by atoms with Gasteiger partial charge in [0, 0.05) is 27.1 Å². The van der Waals surface area contributed by atoms with Crippen LogP contribution in [0.1, 0.15) is 12.8 Å². The van der Waals surface area contributed by atoms with Crippen LogP contribution in [0.3, 0.4) is 0 Å². The normalized spacial score (nSPS) is 20.1. The minimum Gasteiger partial charge on any atom is -0.756 e. The van der Waals surface area contributed by atoms with Gasteiger partial charge in [-0.3, -0.25) is 4.57 Å². The van der Waals surface area contributed by atoms with Gasteiger partial charge in [0.1, 0.15) is 0 Å². The van der Waals surface area contributed by atoms with E-state index in [1.165, 1.54) is 30.4 Å². The molecular weight excluding hydrogens is 205 g/mol. The molecule has 1 heterocycles. The highest BCUT2D eigenvalue weighted by Gasteiger charge is 2.19. The molecule has 1 rings (SSSR count). The predicted octanol–water partition coefficient (Wildman–Crippen LogP) is 0.604. The molecule has 0 aromatic rings. The van der Waals surface area contributed by atoms with Crippen LogP contribution in [0.2, 0.25) is 0 Å². The zero-order valence-corrected chi connectivity index (χ0v) is 10.3. The lowest BCUT2D eigenvalue weighted by Crippen LogP contribution is -2.35. The third-order valence-electron chi connectivity index (χ3n) is 2.22. The van der Waals surface area contributed by atoms with E-state index in [1.807, 2.05) is 0 Å². The topological polar surface area (TPSA) is 58.6 Å². The minimum absolute atomic E-state index is 1.04. The molecule has 6 heteroatoms. The van der Waals surface area contributed by atoms with Crippen LogP contribution in [0.15, 0.2) is 0 Å². The number of nitrogens with zero attached hydrogens (tertiary/aromatic N) is 1. The molecular formula is C8H20NO4P. The Morgan fingerprint density at radius 3 is 1.57 bits per heavy atom. The number of hydrogen-bond acceptors (Lipinski definition) is 4. The molecule has 0 saturated carbocycles. The highest BCUT2D eigenvalue weighted by atomic mass is 31.2. The second-order valence-electron chi connectivity index (χ2n) is 3.90. The van der Waals surface area contributed by atoms with Crippen molar-refractivity contribution in [1.82, 2.24) is 0 Å². The van der Waals surface area contributed by atoms with Gasteiger partial charge >= 0.3 is 0 Å². The number of quaternary nitrogens is 1. The summed E-state index contributed by atoms with van der Waals surface area (Å²) in [6.07, 6.45) is 2.88. The van der Waals surface area contributed by atoms with Gasteiger partial charge in [-0.05, 0) is 0 Å². The van der Waals surface area contributed by atoms with E-state index >= 15 is 0 Å². The van der Waals surface area contributed by atoms with Crippen LogP contribution in [0, 0.1) is 0 Å². The van der Waals surface area contributed by atoms with Crippen LogP contribution in [0.25, 0.3) is 0 Å². The number of rotatable bonds is 2. The molecule has 0 aromatic carbocycles. The molecule has 0 N–H and O–H groups in total. The summed E-state index contributed by atoms with van der Waals surface area (Å²) >= 11 is 0. The zero-order valence-electron chi connectivity index (χ0n) is 9.36. The molecule has 5 nitrogen and oxygen atoms in total. The summed E-state index contributed by atoms with van der Waals surface area (Å²) in [6.45, 7) is 2.78. The summed E-state index contributed by atoms with van der Waals surface area (Å²) in [5.41, 5.74) is 0. The van der Waals surface area contributed by atoms with Gasteiger partial charge < -0.3 is 18.4 Å². The van der Waals surface area contributed by atoms with Crippen molar-refractivity contribution < 1.29 is 23.0 Å². The van der Waals surface area contributed by atoms with Crippen molar-refractivity contribution >= 4 is 7.82 Å². The Bertz CT molecular complexity index is 192. The predicted molar refractivity (Wildman–Crippen MR) is 52.7 cm³/mol. The van der Waals surface area contributed by atoms with Crippen LogP contribution in [0.5, 0.6) is 0 Å². The zero-order chi connectivity index (χ0) is 11.2. The Kier molecular flexibility index (Phi) is 5.86. The maximum absolute atomic E-state index is 9.95. The largest absolute Gasteiger partial charge is 0.756 e. The van der Waals surface area contributed by atoms with E-state index in [2.05, 4.69) is 23.1 Å². The van der Waals surface area contributed by atoms with Crippen LogP contribution in [0.4, 0.5) is 0 Å². The number of phosphoric ester groups is 1. The first-order valence-electron chi connectivity index (χ1n) is 4.57. The molecule has 0 aromatic heterocycles. The van der Waals surface area contributed by atoms with Crippen molar-refractivity contribution in [1.29, 1.82) is 0 Å². The van der Waals surface area contributed by atoms with Crippen molar-refractivity contribution in [2.75, 3.05) is 41.4 Å². The molecule has 86 valence electrons. The fourth-order valence-electron chi connectivity index (χ4n) is 1.27. The molecule has 1 fully saturated rings. The van der Waals surface area contributed by atoms with Gasteiger partial charge in [0.25, 0.3) is 7.82 Å². The lowest BCUT2D eigenvalue weighted by Gasteiger charge is -2.21. The van der Waals surface area contributed by atoms with Crippen LogP contribution >= 0.6 is 7.82 Å². The van der Waals surface area contributed by atoms with E-state index < -0.39 is 7.82 Å². The number of phosphoric acid groups is 1. The molecule has 0 aliphatic carbocycles. The average Bonchev–Trinajstić information content (AvgIpc) is 2.51. The smallest absolute Gasteiger partial charge is 0.267 e. The second kappa shape index (κ2) is 5.83. The maximum atomic E-state index is 9.95. The van der Waals surface area contributed by atoms with Crippen molar-refractivity contribution in [3.05, 3.63) is 0 Å². The molecule has 14 heavy (non-hydrogen) atoms. The van der Waals surface area contributed by atoms with Crippen molar-refractivity contribution in [2.24, 2.45) is 0 Å². The molecule has 1 aliphatic rings. The standard InChI is InChI=1S/C6H14N.C2H7O4P/c1-7(2)5-3-4-6-7;1-5-7(3,4)6-2/h3-6H2,1-2H3;1-2H3,(H,3,4)/q+1;/p-1. The monoisotopic (exact) mass is 225 g/mol. The van der Waals surface area contributed by atoms with Gasteiger partial charge in [-0.2, -0.15) is 0 Å². The third kappa shape index (κ3) is 6.51. The molecule has 0 spiro atoms. The SMILES string of the molecule is COP(=O)([O-])OC.C[N+]1(C)CCCC1. The Morgan fingerprint density at radius 1 is 1.14 bits per heavy atom. The van der Waals surface area contributed by atoms with Gasteiger partial charge in [0.05, 0.1) is 27.2 Å². The molecule has 0 atom stereocenters. The van der Waals surface area contributed by atoms with Crippen LogP contribution in [-0.2, 0) is 13.6 Å². The first-order chi connectivity index (χ1) is 6.33. The Morgan fingerprint density at radius 2 is 1.50 bits per heavy atom. The molecule has 0 amide bonds. The van der Waals surface area contributed by atoms with Crippen molar-refractivity contribution in [3.63, 3.8) is 0 Å². The number of hydrogen-bond donors (Lipinski definition) is 0. The second-order valence-corrected chi connectivity index (χ2v) is 5.53. The van der Waals surface area contributed by atoms with E-state index in [1.54, 1.807) is 0 Å². The lowest BCUT2D eigenvalue weighted by atomic mass is 10.4. The number of likely N-dealkylation sites (tertiary alicyclic amines) is 1. The third-order valence-corrected chi connectivity index (χ3v) is 3.12. The Labute approximate surface area is 85.8 Å². The lowest BCUT2D eigenvalue weighted by molar-refractivity contribution is -0.877. The van der Waals surface area contributed by atoms with Gasteiger partial charge in [0.2, 0.25) is 0 Å². The maximum Gasteiger partial charge on any atom is 0.267 e. The summed E-state index contributed by atoms with van der Waals surface area (Å²) in [5, 5.41) is 0. The summed E-state index contributed by atoms with van der Waals surface area (Å²) in [4.78, 5) is 9.95. The first kappa shape index (κ1) is 14.1. The quantitative estimate of drug-likeness (QED) is 0.510. The highest BCUT2D eigenvalue weighted by molar-refractivity contribution is 7.45. The van der Waals surface area contributed by atoms with E-state index in [-0.39, 0.29) is 0 Å². The summed E-state index contributed by atoms with van der Waals surface area (Å²) in [6, 6.07) is 0. The van der Waals surface area contributed by atoms with E-state index in [4.69, 9.17) is 0 Å². The van der Waals surface area contributed by atoms with Crippen LogP contribution < -0.4 is 4.89 Å². The van der Waals surface area contributed by atoms with Gasteiger partial charge in [-0.25, -0.2) is 0 Å². The Hall–Kier alpha value is 0.0700. The Balaban J connectivity index is 0.000000241. The summed E-state index contributed by atoms with van der Waals surface area (Å²) < 4.78 is 18.9.